The summed E-state index contributed by atoms with van der Waals surface area (Å²) in [4.78, 5) is 123. The molecule has 1 unspecified atom stereocenters. The Morgan fingerprint density at radius 1 is 0.620 bits per heavy atom. The van der Waals surface area contributed by atoms with Crippen molar-refractivity contribution in [1.82, 2.24) is 0 Å². The second-order valence-electron chi connectivity index (χ2n) is 21.1. The number of methoxy groups -OCH3 is 7. The summed E-state index contributed by atoms with van der Waals surface area (Å²) >= 11 is 1.30. The van der Waals surface area contributed by atoms with Crippen LogP contribution in [0.15, 0.2) is 49.3 Å². The number of hydrogen-bond acceptors (Lipinski definition) is 21. The second-order valence-corrected chi connectivity index (χ2v) is 22.0. The van der Waals surface area contributed by atoms with Gasteiger partial charge in [-0.2, -0.15) is 5.70 Å². The molecule has 5 rings (SSSR count). The van der Waals surface area contributed by atoms with Gasteiger partial charge in [0.1, 0.15) is 0 Å². The van der Waals surface area contributed by atoms with Gasteiger partial charge in [-0.25, -0.2) is 10.1 Å². The van der Waals surface area contributed by atoms with Gasteiger partial charge in [-0.3, -0.25) is 53.4 Å². The van der Waals surface area contributed by atoms with Gasteiger partial charge >= 0.3 is 62.5 Å². The van der Waals surface area contributed by atoms with Crippen molar-refractivity contribution in [3.05, 3.63) is 47.1 Å². The van der Waals surface area contributed by atoms with E-state index in [1.54, 1.807) is 0 Å². The Kier molecular flexibility index (Phi) is 28.1. The molecule has 9 atom stereocenters. The Morgan fingerprint density at radius 2 is 1.09 bits per heavy atom. The van der Waals surface area contributed by atoms with E-state index in [4.69, 9.17) is 58.7 Å². The van der Waals surface area contributed by atoms with Gasteiger partial charge in [-0.1, -0.05) is 47.1 Å². The molecule has 0 aromatic rings. The summed E-state index contributed by atoms with van der Waals surface area (Å²) in [7, 11) is 9.17. The summed E-state index contributed by atoms with van der Waals surface area (Å²) in [6.45, 7) is 15.6. The third-order valence-electron chi connectivity index (χ3n) is 16.8. The van der Waals surface area contributed by atoms with Crippen molar-refractivity contribution in [2.24, 2.45) is 60.3 Å². The quantitative estimate of drug-likeness (QED) is 0.0240. The van der Waals surface area contributed by atoms with Gasteiger partial charge in [0.05, 0.1) is 91.6 Å². The maximum Gasteiger partial charge on any atom is 2.00 e. The first kappa shape index (κ1) is 73.1. The van der Waals surface area contributed by atoms with E-state index in [2.05, 4.69) is 9.93 Å². The second kappa shape index (κ2) is 30.4. The number of carbonyl (C=O) groups is 8. The Hall–Kier alpha value is -3.95. The molecule has 5 aliphatic heterocycles. The number of allylic oxidation sites excluding steroid dienone is 6. The number of hydrogen-bond donors (Lipinski definition) is 1. The molecule has 0 spiro atoms. The molecule has 440 valence electrons. The third-order valence-corrected chi connectivity index (χ3v) is 17.0. The smallest absolute Gasteiger partial charge is 0.680 e. The van der Waals surface area contributed by atoms with Crippen LogP contribution in [0.25, 0.3) is 5.32 Å². The molecule has 22 nitrogen and oxygen atoms in total. The number of esters is 7. The Bertz CT molecular complexity index is 2510. The van der Waals surface area contributed by atoms with E-state index in [1.165, 1.54) is 72.4 Å². The van der Waals surface area contributed by atoms with Crippen molar-refractivity contribution in [3.63, 3.8) is 0 Å². The average molecular weight is 1340 g/mol. The van der Waals surface area contributed by atoms with Crippen molar-refractivity contribution < 1.29 is 136 Å². The molecular weight excluding hydrogens is 1270 g/mol. The van der Waals surface area contributed by atoms with Crippen LogP contribution >= 0.6 is 22.6 Å². The van der Waals surface area contributed by atoms with E-state index >= 15 is 0 Å². The molecule has 1 N–H and O–H groups in total. The van der Waals surface area contributed by atoms with Crippen LogP contribution in [-0.4, -0.2) is 130 Å². The fraction of sp³-hybridized carbons (Fsp3) is 0.667. The van der Waals surface area contributed by atoms with Crippen molar-refractivity contribution in [3.8, 4) is 0 Å². The normalized spacial score (nSPS) is 27.7. The molecule has 0 aliphatic carbocycles. The van der Waals surface area contributed by atoms with Gasteiger partial charge in [0.15, 0.2) is 0 Å². The summed E-state index contributed by atoms with van der Waals surface area (Å²) < 4.78 is 36.0. The maximum atomic E-state index is 14.0. The minimum absolute atomic E-state index is 0. The monoisotopic (exact) mass is 1340 g/mol. The molecular formula is C54H77CoIN4O18Y. The van der Waals surface area contributed by atoms with E-state index in [0.717, 1.165) is 0 Å². The van der Waals surface area contributed by atoms with Crippen molar-refractivity contribution in [1.29, 1.82) is 0 Å². The molecule has 25 heteroatoms. The Morgan fingerprint density at radius 3 is 1.56 bits per heavy atom. The SMILES string of the molecule is COC(=O)CC[C@@H]1C2=C(C)C3=NC([C@H](CC(=O)OC)[C@@]3(C)CCC(=O)OC)[C@]3(C)[N-]C(=C(C)C4=NC(=CC(=N2)C1(C)C)[C@@H](CCC(=O)OC)[C@]4(C)CC(=O)OC)[C@@H](CCC(=O)OC)[C@]3(C)CC(=O)OC.O=C(I)OOO.[CH3-].[Co+2].[Y]. The van der Waals surface area contributed by atoms with E-state index in [1.807, 2.05) is 61.5 Å². The largest absolute Gasteiger partial charge is 2.00 e. The molecule has 0 aromatic carbocycles. The zero-order valence-corrected chi connectivity index (χ0v) is 54.2. The standard InChI is InChI=1S/C52H73N4O14.CHIO4.CH3.Co.Y/c1-28-43-31(17-20-37(58)65-10)48(3,4)35(54-43)25-34-30(16-19-36(57)64-9)50(6,26-41(62)69-14)46(53-34)29(2)44-32(18-21-38(59)66-11)51(7,27-42(63)70-15)52(8,56-44)47-33(24-40(61)68-13)49(5,45(28)55-47)23-22-39(60)67-12;2-1(3)5-6-4;;;/h25,30-33,47H,16-24,26-27H2,1-15H3;4H;1H3;;/q-1;;-1;+2;/t30-,31-,32-,33+,47?,49-,50+,51+,52+;;;;/m1..../s1. The summed E-state index contributed by atoms with van der Waals surface area (Å²) in [5.74, 6) is -5.83. The van der Waals surface area contributed by atoms with E-state index in [9.17, 15) is 38.4 Å². The van der Waals surface area contributed by atoms with Crippen LogP contribution in [0.2, 0.25) is 0 Å². The fourth-order valence-corrected chi connectivity index (χ4v) is 12.3. The zero-order valence-electron chi connectivity index (χ0n) is 48.2. The molecule has 0 saturated carbocycles. The molecule has 0 amide bonds. The van der Waals surface area contributed by atoms with Gasteiger partial charge < -0.3 is 45.9 Å². The number of carbonyl (C=O) groups excluding carboxylic acids is 8. The number of fused-ring (bicyclic) bond motifs is 6. The summed E-state index contributed by atoms with van der Waals surface area (Å²) in [6, 6.07) is -0.898. The van der Waals surface area contributed by atoms with E-state index in [0.29, 0.717) is 51.8 Å². The number of rotatable bonds is 19. The van der Waals surface area contributed by atoms with Crippen LogP contribution in [0.4, 0.5) is 4.79 Å². The van der Waals surface area contributed by atoms with Crippen LogP contribution in [-0.2, 0) is 126 Å². The van der Waals surface area contributed by atoms with Crippen LogP contribution < -0.4 is 0 Å². The minimum Gasteiger partial charge on any atom is -0.680 e. The predicted octanol–water partition coefficient (Wildman–Crippen LogP) is 8.73. The van der Waals surface area contributed by atoms with Gasteiger partial charge in [0, 0.05) is 127 Å². The van der Waals surface area contributed by atoms with E-state index < -0.39 is 103 Å². The van der Waals surface area contributed by atoms with E-state index in [-0.39, 0.29) is 121 Å². The number of nitrogens with zero attached hydrogens (tertiary/aromatic N) is 4. The first-order chi connectivity index (χ1) is 35.6. The van der Waals surface area contributed by atoms with Gasteiger partial charge in [-0.15, -0.1) is 0 Å². The topological polar surface area (TPSA) is 291 Å². The van der Waals surface area contributed by atoms with Crippen LogP contribution in [0.5, 0.6) is 0 Å². The van der Waals surface area contributed by atoms with Crippen molar-refractivity contribution >= 4 is 85.5 Å². The molecule has 5 aliphatic rings. The first-order valence-corrected chi connectivity index (χ1v) is 26.0. The molecule has 8 bridgehead atoms. The molecule has 2 radical (unpaired) electrons. The molecule has 79 heavy (non-hydrogen) atoms. The molecule has 5 heterocycles. The van der Waals surface area contributed by atoms with Crippen molar-refractivity contribution in [2.75, 3.05) is 49.8 Å². The molecule has 1 saturated heterocycles. The summed E-state index contributed by atoms with van der Waals surface area (Å²) in [5.41, 5.74) is -0.993. The summed E-state index contributed by atoms with van der Waals surface area (Å²) in [5, 5.41) is 16.0. The summed E-state index contributed by atoms with van der Waals surface area (Å²) in [6.07, 6.45) is 2.21. The number of aliphatic imine (C=N–C) groups is 3. The molecule has 1 fully saturated rings. The number of ether oxygens (including phenoxy) is 7. The first-order valence-electron chi connectivity index (χ1n) is 24.9. The van der Waals surface area contributed by atoms with Crippen LogP contribution in [0.3, 0.4) is 0 Å². The molecule has 0 aromatic heterocycles. The predicted molar refractivity (Wildman–Crippen MR) is 289 cm³/mol. The van der Waals surface area contributed by atoms with Gasteiger partial charge in [0.25, 0.3) is 0 Å². The van der Waals surface area contributed by atoms with Crippen LogP contribution in [0.1, 0.15) is 126 Å². The zero-order chi connectivity index (χ0) is 57.3. The van der Waals surface area contributed by atoms with Gasteiger partial charge in [-0.05, 0) is 73.1 Å². The average Bonchev–Trinajstić information content (AvgIpc) is 4.00. The van der Waals surface area contributed by atoms with Crippen LogP contribution in [0, 0.1) is 52.8 Å². The maximum absolute atomic E-state index is 14.0. The third kappa shape index (κ3) is 15.4. The van der Waals surface area contributed by atoms with Crippen molar-refractivity contribution in [2.45, 2.75) is 138 Å². The fourth-order valence-electron chi connectivity index (χ4n) is 12.3. The van der Waals surface area contributed by atoms with Gasteiger partial charge in [0.2, 0.25) is 0 Å². The Labute approximate surface area is 512 Å². The minimum atomic E-state index is -1.38. The Balaban J connectivity index is 0.00000327. The number of halogens is 1.